The number of hydrogen-bond donors (Lipinski definition) is 1. The molecule has 0 aliphatic carbocycles. The van der Waals surface area contributed by atoms with Crippen molar-refractivity contribution < 1.29 is 4.74 Å². The smallest absolute Gasteiger partial charge is 0.120 e. The van der Waals surface area contributed by atoms with Crippen molar-refractivity contribution >= 4 is 11.5 Å². The highest BCUT2D eigenvalue weighted by Crippen LogP contribution is 2.20. The molecule has 14 heavy (non-hydrogen) atoms. The summed E-state index contributed by atoms with van der Waals surface area (Å²) < 4.78 is 5.12. The average Bonchev–Trinajstić information content (AvgIpc) is 2.27. The summed E-state index contributed by atoms with van der Waals surface area (Å²) >= 11 is 0. The first-order chi connectivity index (χ1) is 6.69. The molecule has 1 rings (SSSR count). The molecule has 3 heteroatoms. The molecule has 0 aliphatic heterocycles. The van der Waals surface area contributed by atoms with Crippen LogP contribution in [0.15, 0.2) is 24.3 Å². The summed E-state index contributed by atoms with van der Waals surface area (Å²) in [4.78, 5) is 1.85. The Bertz CT molecular complexity index is 323. The van der Waals surface area contributed by atoms with Gasteiger partial charge in [0.05, 0.1) is 12.9 Å². The van der Waals surface area contributed by atoms with E-state index < -0.39 is 0 Å². The Labute approximate surface area is 84.8 Å². The summed E-state index contributed by atoms with van der Waals surface area (Å²) in [6.45, 7) is 1.97. The predicted molar refractivity (Wildman–Crippen MR) is 59.4 cm³/mol. The van der Waals surface area contributed by atoms with Gasteiger partial charge >= 0.3 is 0 Å². The van der Waals surface area contributed by atoms with Gasteiger partial charge in [0, 0.05) is 25.2 Å². The third-order valence-electron chi connectivity index (χ3n) is 2.18. The van der Waals surface area contributed by atoms with Gasteiger partial charge in [-0.3, -0.25) is 5.41 Å². The van der Waals surface area contributed by atoms with Crippen molar-refractivity contribution in [3.05, 3.63) is 24.3 Å². The molecule has 0 heterocycles. The molecule has 0 spiro atoms. The van der Waals surface area contributed by atoms with Crippen molar-refractivity contribution in [3.63, 3.8) is 0 Å². The molecular weight excluding hydrogens is 176 g/mol. The van der Waals surface area contributed by atoms with Crippen LogP contribution in [0.5, 0.6) is 5.75 Å². The first-order valence-corrected chi connectivity index (χ1v) is 4.64. The van der Waals surface area contributed by atoms with Crippen molar-refractivity contribution in [3.8, 4) is 5.75 Å². The summed E-state index contributed by atoms with van der Waals surface area (Å²) in [5.41, 5.74) is 0.983. The second kappa shape index (κ2) is 4.65. The van der Waals surface area contributed by atoms with E-state index in [-0.39, 0.29) is 0 Å². The van der Waals surface area contributed by atoms with Crippen LogP contribution in [0, 0.1) is 5.41 Å². The van der Waals surface area contributed by atoms with Crippen molar-refractivity contribution in [2.45, 2.75) is 13.3 Å². The fourth-order valence-corrected chi connectivity index (χ4v) is 1.21. The maximum Gasteiger partial charge on any atom is 0.120 e. The third-order valence-corrected chi connectivity index (χ3v) is 2.18. The van der Waals surface area contributed by atoms with Crippen LogP contribution in [-0.4, -0.2) is 20.0 Å². The van der Waals surface area contributed by atoms with Gasteiger partial charge < -0.3 is 9.64 Å². The number of benzene rings is 1. The monoisotopic (exact) mass is 192 g/mol. The molecule has 0 unspecified atom stereocenters. The van der Waals surface area contributed by atoms with E-state index in [1.54, 1.807) is 7.11 Å². The number of nitrogens with one attached hydrogen (secondary N) is 1. The second-order valence-corrected chi connectivity index (χ2v) is 3.06. The zero-order chi connectivity index (χ0) is 10.6. The fraction of sp³-hybridized carbons (Fsp3) is 0.364. The zero-order valence-corrected chi connectivity index (χ0v) is 8.87. The predicted octanol–water partition coefficient (Wildman–Crippen LogP) is 2.52. The summed E-state index contributed by atoms with van der Waals surface area (Å²) in [6, 6.07) is 7.71. The quantitative estimate of drug-likeness (QED) is 0.590. The maximum atomic E-state index is 7.69. The first kappa shape index (κ1) is 10.6. The number of rotatable bonds is 3. The van der Waals surface area contributed by atoms with Crippen LogP contribution in [0.2, 0.25) is 0 Å². The lowest BCUT2D eigenvalue weighted by molar-refractivity contribution is 0.415. The van der Waals surface area contributed by atoms with Crippen molar-refractivity contribution in [2.24, 2.45) is 0 Å². The second-order valence-electron chi connectivity index (χ2n) is 3.06. The van der Waals surface area contributed by atoms with Crippen LogP contribution in [0.25, 0.3) is 0 Å². The molecule has 0 amide bonds. The summed E-state index contributed by atoms with van der Waals surface area (Å²) in [5.74, 6) is 1.41. The lowest BCUT2D eigenvalue weighted by atomic mass is 10.2. The van der Waals surface area contributed by atoms with Crippen LogP contribution in [0.1, 0.15) is 13.3 Å². The van der Waals surface area contributed by atoms with E-state index in [0.29, 0.717) is 5.84 Å². The Hall–Kier alpha value is -1.51. The Kier molecular flexibility index (Phi) is 3.51. The molecule has 0 saturated heterocycles. The normalized spacial score (nSPS) is 9.64. The number of anilines is 1. The molecule has 1 N–H and O–H groups in total. The van der Waals surface area contributed by atoms with Crippen LogP contribution >= 0.6 is 0 Å². The van der Waals surface area contributed by atoms with Crippen LogP contribution in [-0.2, 0) is 0 Å². The largest absolute Gasteiger partial charge is 0.497 e. The summed E-state index contributed by atoms with van der Waals surface area (Å²) in [6.07, 6.45) is 0.730. The minimum atomic E-state index is 0.596. The van der Waals surface area contributed by atoms with Crippen LogP contribution in [0.3, 0.4) is 0 Å². The first-order valence-electron chi connectivity index (χ1n) is 4.64. The molecule has 1 aromatic carbocycles. The Morgan fingerprint density at radius 3 is 2.79 bits per heavy atom. The van der Waals surface area contributed by atoms with E-state index in [9.17, 15) is 0 Å². The van der Waals surface area contributed by atoms with E-state index in [0.717, 1.165) is 17.9 Å². The highest BCUT2D eigenvalue weighted by Gasteiger charge is 2.05. The third kappa shape index (κ3) is 2.25. The number of amidine groups is 1. The molecule has 0 bridgehead atoms. The van der Waals surface area contributed by atoms with E-state index in [1.807, 2.05) is 43.1 Å². The lowest BCUT2D eigenvalue weighted by Crippen LogP contribution is -2.24. The Morgan fingerprint density at radius 2 is 2.21 bits per heavy atom. The van der Waals surface area contributed by atoms with Gasteiger partial charge in [-0.05, 0) is 12.1 Å². The summed E-state index contributed by atoms with van der Waals surface area (Å²) in [7, 11) is 3.53. The average molecular weight is 192 g/mol. The minimum Gasteiger partial charge on any atom is -0.497 e. The molecule has 0 aliphatic rings. The van der Waals surface area contributed by atoms with Gasteiger partial charge in [0.15, 0.2) is 0 Å². The van der Waals surface area contributed by atoms with Gasteiger partial charge in [0.2, 0.25) is 0 Å². The van der Waals surface area contributed by atoms with Crippen molar-refractivity contribution in [1.29, 1.82) is 5.41 Å². The van der Waals surface area contributed by atoms with Gasteiger partial charge in [0.1, 0.15) is 5.75 Å². The molecule has 0 saturated carbocycles. The molecular formula is C11H16N2O. The van der Waals surface area contributed by atoms with Gasteiger partial charge in [-0.25, -0.2) is 0 Å². The molecule has 76 valence electrons. The fourth-order valence-electron chi connectivity index (χ4n) is 1.21. The number of ether oxygens (including phenoxy) is 1. The van der Waals surface area contributed by atoms with E-state index >= 15 is 0 Å². The highest BCUT2D eigenvalue weighted by atomic mass is 16.5. The van der Waals surface area contributed by atoms with Crippen molar-refractivity contribution in [1.82, 2.24) is 0 Å². The van der Waals surface area contributed by atoms with Crippen LogP contribution in [0.4, 0.5) is 5.69 Å². The number of nitrogens with zero attached hydrogens (tertiary/aromatic N) is 1. The summed E-state index contributed by atoms with van der Waals surface area (Å²) in [5, 5.41) is 7.69. The molecule has 3 nitrogen and oxygen atoms in total. The van der Waals surface area contributed by atoms with Gasteiger partial charge in [-0.15, -0.1) is 0 Å². The van der Waals surface area contributed by atoms with E-state index in [4.69, 9.17) is 10.1 Å². The SMILES string of the molecule is CCC(=N)N(C)c1cccc(OC)c1. The molecule has 0 aromatic heterocycles. The molecule has 0 fully saturated rings. The lowest BCUT2D eigenvalue weighted by Gasteiger charge is -2.19. The van der Waals surface area contributed by atoms with E-state index in [2.05, 4.69) is 0 Å². The van der Waals surface area contributed by atoms with Gasteiger partial charge in [0.25, 0.3) is 0 Å². The molecule has 1 aromatic rings. The Balaban J connectivity index is 2.89. The Morgan fingerprint density at radius 1 is 1.50 bits per heavy atom. The number of hydrogen-bond acceptors (Lipinski definition) is 2. The van der Waals surface area contributed by atoms with Crippen LogP contribution < -0.4 is 9.64 Å². The van der Waals surface area contributed by atoms with Gasteiger partial charge in [-0.2, -0.15) is 0 Å². The standard InChI is InChI=1S/C11H16N2O/c1-4-11(12)13(2)9-6-5-7-10(8-9)14-3/h5-8,12H,4H2,1-3H3. The molecule has 0 radical (unpaired) electrons. The van der Waals surface area contributed by atoms with Crippen molar-refractivity contribution in [2.75, 3.05) is 19.1 Å². The minimum absolute atomic E-state index is 0.596. The van der Waals surface area contributed by atoms with Gasteiger partial charge in [-0.1, -0.05) is 13.0 Å². The zero-order valence-electron chi connectivity index (χ0n) is 8.87. The van der Waals surface area contributed by atoms with E-state index in [1.165, 1.54) is 0 Å². The number of methoxy groups -OCH3 is 1. The molecule has 0 atom stereocenters. The topological polar surface area (TPSA) is 36.3 Å². The maximum absolute atomic E-state index is 7.69. The highest BCUT2D eigenvalue weighted by molar-refractivity contribution is 5.94.